The van der Waals surface area contributed by atoms with Gasteiger partial charge < -0.3 is 30.7 Å². The fourth-order valence-corrected chi connectivity index (χ4v) is 4.97. The number of phenols is 2. The number of allylic oxidation sites excluding steroid dienone is 2. The Morgan fingerprint density at radius 2 is 1.91 bits per heavy atom. The van der Waals surface area contributed by atoms with E-state index in [4.69, 9.17) is 4.74 Å². The molecule has 1 aromatic carbocycles. The summed E-state index contributed by atoms with van der Waals surface area (Å²) in [5.41, 5.74) is -0.363. The van der Waals surface area contributed by atoms with Gasteiger partial charge in [0.15, 0.2) is 11.5 Å². The molecule has 3 rings (SSSR count). The number of thioether (sulfide) groups is 1. The summed E-state index contributed by atoms with van der Waals surface area (Å²) in [6.07, 6.45) is 2.40. The van der Waals surface area contributed by atoms with E-state index < -0.39 is 58.4 Å². The molecule has 12 heteroatoms. The number of β-lactam (4-membered cyclic amide) rings is 1. The highest BCUT2D eigenvalue weighted by atomic mass is 32.2. The molecule has 0 aromatic heterocycles. The van der Waals surface area contributed by atoms with Gasteiger partial charge in [0, 0.05) is 5.75 Å². The SMILES string of the molecule is C/C=C\C1=C(C(=O)O)N2C(=O)[C@@H](NC(=O)C(NC(=O)OC(C)(C)C)c3ccc(O)c(O)c3)[C@@H]2SC1. The van der Waals surface area contributed by atoms with E-state index in [1.54, 1.807) is 39.8 Å². The van der Waals surface area contributed by atoms with Crippen molar-refractivity contribution >= 4 is 35.6 Å². The van der Waals surface area contributed by atoms with Gasteiger partial charge in [0.1, 0.15) is 28.8 Å². The predicted molar refractivity (Wildman–Crippen MR) is 126 cm³/mol. The summed E-state index contributed by atoms with van der Waals surface area (Å²) in [7, 11) is 0. The molecule has 1 fully saturated rings. The second-order valence-electron chi connectivity index (χ2n) is 8.90. The number of benzene rings is 1. The zero-order chi connectivity index (χ0) is 26.1. The van der Waals surface area contributed by atoms with Crippen LogP contribution in [0.25, 0.3) is 0 Å². The fourth-order valence-electron chi connectivity index (χ4n) is 3.65. The molecule has 1 unspecified atom stereocenters. The van der Waals surface area contributed by atoms with Gasteiger partial charge >= 0.3 is 12.1 Å². The lowest BCUT2D eigenvalue weighted by Gasteiger charge is -2.49. The summed E-state index contributed by atoms with van der Waals surface area (Å²) < 4.78 is 5.22. The van der Waals surface area contributed by atoms with Crippen molar-refractivity contribution in [3.8, 4) is 11.5 Å². The third kappa shape index (κ3) is 5.53. The highest BCUT2D eigenvalue weighted by molar-refractivity contribution is 8.00. The van der Waals surface area contributed by atoms with Crippen LogP contribution in [-0.4, -0.2) is 66.9 Å². The van der Waals surface area contributed by atoms with E-state index >= 15 is 0 Å². The van der Waals surface area contributed by atoms with Crippen molar-refractivity contribution in [3.63, 3.8) is 0 Å². The Balaban J connectivity index is 1.84. The fraction of sp³-hybridized carbons (Fsp3) is 0.391. The molecule has 188 valence electrons. The van der Waals surface area contributed by atoms with Crippen molar-refractivity contribution < 1.29 is 39.2 Å². The van der Waals surface area contributed by atoms with Crippen molar-refractivity contribution in [1.29, 1.82) is 0 Å². The monoisotopic (exact) mass is 505 g/mol. The maximum Gasteiger partial charge on any atom is 0.408 e. The molecule has 5 N–H and O–H groups in total. The third-order valence-electron chi connectivity index (χ3n) is 5.12. The van der Waals surface area contributed by atoms with Crippen LogP contribution in [0.1, 0.15) is 39.3 Å². The number of aliphatic carboxylic acids is 1. The number of ether oxygens (including phenoxy) is 1. The number of nitrogens with one attached hydrogen (secondary N) is 2. The zero-order valence-corrected chi connectivity index (χ0v) is 20.4. The lowest BCUT2D eigenvalue weighted by molar-refractivity contribution is -0.150. The second-order valence-corrected chi connectivity index (χ2v) is 10.0. The average molecular weight is 506 g/mol. The average Bonchev–Trinajstić information content (AvgIpc) is 2.76. The van der Waals surface area contributed by atoms with Crippen LogP contribution in [0.4, 0.5) is 4.79 Å². The van der Waals surface area contributed by atoms with Gasteiger partial charge in [-0.05, 0) is 51.0 Å². The lowest BCUT2D eigenvalue weighted by Crippen LogP contribution is -2.71. The first-order valence-electron chi connectivity index (χ1n) is 10.7. The summed E-state index contributed by atoms with van der Waals surface area (Å²) in [6.45, 7) is 6.67. The number of carboxylic acids is 1. The Hall–Kier alpha value is -3.67. The number of carbonyl (C=O) groups excluding carboxylic acids is 3. The molecule has 2 aliphatic heterocycles. The number of phenolic OH excluding ortho intramolecular Hbond substituents is 2. The van der Waals surface area contributed by atoms with Gasteiger partial charge in [-0.15, -0.1) is 11.8 Å². The number of amides is 3. The standard InChI is InChI=1S/C23H27N3O8S/c1-5-6-12-10-35-20-16(19(30)26(20)17(12)21(31)32)24-18(29)15(25-22(33)34-23(2,3)4)11-7-8-13(27)14(28)9-11/h5-9,15-16,20,27-28H,10H2,1-4H3,(H,24,29)(H,25,33)(H,31,32)/b6-5-/t15?,16-,20+/m1/s1. The van der Waals surface area contributed by atoms with Crippen LogP contribution in [0.2, 0.25) is 0 Å². The molecule has 11 nitrogen and oxygen atoms in total. The lowest BCUT2D eigenvalue weighted by atomic mass is 10.0. The van der Waals surface area contributed by atoms with E-state index in [0.717, 1.165) is 17.0 Å². The Bertz CT molecular complexity index is 1120. The maximum atomic E-state index is 13.2. The Morgan fingerprint density at radius 3 is 2.49 bits per heavy atom. The molecule has 2 heterocycles. The summed E-state index contributed by atoms with van der Waals surface area (Å²) >= 11 is 1.30. The number of alkyl carbamates (subject to hydrolysis) is 1. The maximum absolute atomic E-state index is 13.2. The van der Waals surface area contributed by atoms with E-state index in [2.05, 4.69) is 10.6 Å². The Morgan fingerprint density at radius 1 is 1.23 bits per heavy atom. The van der Waals surface area contributed by atoms with Gasteiger partial charge in [-0.2, -0.15) is 0 Å². The van der Waals surface area contributed by atoms with Crippen molar-refractivity contribution in [1.82, 2.24) is 15.5 Å². The number of fused-ring (bicyclic) bond motifs is 1. The van der Waals surface area contributed by atoms with Gasteiger partial charge in [0.2, 0.25) is 5.91 Å². The molecular weight excluding hydrogens is 478 g/mol. The van der Waals surface area contributed by atoms with E-state index in [1.807, 2.05) is 0 Å². The van der Waals surface area contributed by atoms with Crippen LogP contribution in [0.3, 0.4) is 0 Å². The topological polar surface area (TPSA) is 166 Å². The molecule has 0 bridgehead atoms. The molecule has 0 spiro atoms. The predicted octanol–water partition coefficient (Wildman–Crippen LogP) is 1.98. The number of carbonyl (C=O) groups is 4. The van der Waals surface area contributed by atoms with Crippen LogP contribution in [0.15, 0.2) is 41.6 Å². The van der Waals surface area contributed by atoms with Crippen LogP contribution < -0.4 is 10.6 Å². The molecule has 0 aliphatic carbocycles. The van der Waals surface area contributed by atoms with Crippen LogP contribution in [0.5, 0.6) is 11.5 Å². The van der Waals surface area contributed by atoms with Crippen LogP contribution in [-0.2, 0) is 19.1 Å². The number of hydrogen-bond acceptors (Lipinski definition) is 8. The number of aromatic hydroxyl groups is 2. The van der Waals surface area contributed by atoms with Crippen molar-refractivity contribution in [2.24, 2.45) is 0 Å². The number of carboxylic acid groups (broad SMARTS) is 1. The van der Waals surface area contributed by atoms with E-state index in [1.165, 1.54) is 17.8 Å². The molecule has 0 saturated carbocycles. The van der Waals surface area contributed by atoms with Gasteiger partial charge in [0.05, 0.1) is 0 Å². The Kier molecular flexibility index (Phi) is 7.34. The smallest absolute Gasteiger partial charge is 0.408 e. The van der Waals surface area contributed by atoms with Crippen LogP contribution in [0, 0.1) is 0 Å². The van der Waals surface area contributed by atoms with Gasteiger partial charge in [-0.3, -0.25) is 14.5 Å². The zero-order valence-electron chi connectivity index (χ0n) is 19.6. The minimum Gasteiger partial charge on any atom is -0.504 e. The van der Waals surface area contributed by atoms with Crippen molar-refractivity contribution in [2.45, 2.75) is 50.8 Å². The largest absolute Gasteiger partial charge is 0.504 e. The van der Waals surface area contributed by atoms with E-state index in [0.29, 0.717) is 11.3 Å². The molecular formula is C23H27N3O8S. The highest BCUT2D eigenvalue weighted by Gasteiger charge is 2.54. The Labute approximate surface area is 205 Å². The first-order valence-corrected chi connectivity index (χ1v) is 11.7. The van der Waals surface area contributed by atoms with Crippen molar-refractivity contribution in [2.75, 3.05) is 5.75 Å². The number of hydrogen-bond donors (Lipinski definition) is 5. The molecule has 3 amide bonds. The number of rotatable bonds is 6. The minimum absolute atomic E-state index is 0.130. The van der Waals surface area contributed by atoms with Gasteiger partial charge in [0.25, 0.3) is 5.91 Å². The molecule has 1 saturated heterocycles. The van der Waals surface area contributed by atoms with Crippen molar-refractivity contribution in [3.05, 3.63) is 47.2 Å². The van der Waals surface area contributed by atoms with Crippen LogP contribution >= 0.6 is 11.8 Å². The summed E-state index contributed by atoms with van der Waals surface area (Å²) in [6, 6.07) is 1.19. The summed E-state index contributed by atoms with van der Waals surface area (Å²) in [4.78, 5) is 51.4. The van der Waals surface area contributed by atoms with Gasteiger partial charge in [-0.1, -0.05) is 18.2 Å². The molecule has 35 heavy (non-hydrogen) atoms. The molecule has 3 atom stereocenters. The van der Waals surface area contributed by atoms with Gasteiger partial charge in [-0.25, -0.2) is 9.59 Å². The van der Waals surface area contributed by atoms with E-state index in [-0.39, 0.29) is 11.3 Å². The third-order valence-corrected chi connectivity index (χ3v) is 6.42. The molecule has 1 aromatic rings. The first kappa shape index (κ1) is 25.9. The van der Waals surface area contributed by atoms with E-state index in [9.17, 15) is 34.5 Å². The second kappa shape index (κ2) is 9.90. The normalized spacial score (nSPS) is 20.7. The first-order chi connectivity index (χ1) is 16.3. The number of nitrogens with zero attached hydrogens (tertiary/aromatic N) is 1. The highest BCUT2D eigenvalue weighted by Crippen LogP contribution is 2.41. The summed E-state index contributed by atoms with van der Waals surface area (Å²) in [5.74, 6) is -3.21. The minimum atomic E-state index is -1.38. The summed E-state index contributed by atoms with van der Waals surface area (Å²) in [5, 5.41) is 33.5. The molecule has 2 aliphatic rings. The molecule has 0 radical (unpaired) electrons. The quantitative estimate of drug-likeness (QED) is 0.287.